The third kappa shape index (κ3) is 3.83. The van der Waals surface area contributed by atoms with Gasteiger partial charge in [-0.3, -0.25) is 4.79 Å². The number of carbonyl (C=O) groups is 1. The van der Waals surface area contributed by atoms with Crippen molar-refractivity contribution < 1.29 is 13.2 Å². The molecule has 0 fully saturated rings. The SMILES string of the molecule is Cc1ccc2nc(S(=O)(=O)CC(=O)Nc3ccc(C)c(Cl)c3)[nH]c2c1. The molecule has 0 radical (unpaired) electrons. The van der Waals surface area contributed by atoms with Crippen molar-refractivity contribution in [3.63, 3.8) is 0 Å². The number of fused-ring (bicyclic) bond motifs is 1. The van der Waals surface area contributed by atoms with Crippen LogP contribution in [0.2, 0.25) is 5.02 Å². The van der Waals surface area contributed by atoms with Gasteiger partial charge >= 0.3 is 0 Å². The van der Waals surface area contributed by atoms with Crippen molar-refractivity contribution in [1.29, 1.82) is 0 Å². The number of aromatic amines is 1. The van der Waals surface area contributed by atoms with Crippen molar-refractivity contribution in [1.82, 2.24) is 9.97 Å². The number of aromatic nitrogens is 2. The summed E-state index contributed by atoms with van der Waals surface area (Å²) in [5, 5.41) is 2.81. The van der Waals surface area contributed by atoms with Gasteiger partial charge in [-0.1, -0.05) is 23.7 Å². The number of benzene rings is 2. The Balaban J connectivity index is 1.79. The third-order valence-corrected chi connectivity index (χ3v) is 5.52. The van der Waals surface area contributed by atoms with Crippen LogP contribution in [-0.4, -0.2) is 30.0 Å². The molecule has 6 nitrogen and oxygen atoms in total. The Bertz CT molecular complexity index is 1070. The minimum atomic E-state index is -3.88. The maximum atomic E-state index is 12.4. The highest BCUT2D eigenvalue weighted by Gasteiger charge is 2.23. The maximum absolute atomic E-state index is 12.4. The van der Waals surface area contributed by atoms with Crippen LogP contribution < -0.4 is 5.32 Å². The van der Waals surface area contributed by atoms with Gasteiger partial charge in [0, 0.05) is 10.7 Å². The average molecular weight is 378 g/mol. The zero-order chi connectivity index (χ0) is 18.2. The van der Waals surface area contributed by atoms with Crippen LogP contribution in [-0.2, 0) is 14.6 Å². The van der Waals surface area contributed by atoms with E-state index < -0.39 is 21.5 Å². The van der Waals surface area contributed by atoms with Crippen molar-refractivity contribution in [2.75, 3.05) is 11.1 Å². The summed E-state index contributed by atoms with van der Waals surface area (Å²) in [6, 6.07) is 10.4. The van der Waals surface area contributed by atoms with E-state index in [0.717, 1.165) is 11.1 Å². The van der Waals surface area contributed by atoms with Crippen molar-refractivity contribution in [2.45, 2.75) is 19.0 Å². The fourth-order valence-corrected chi connectivity index (χ4v) is 3.59. The standard InChI is InChI=1S/C17H16ClN3O3S/c1-10-3-6-14-15(7-10)21-17(20-14)25(23,24)9-16(22)19-12-5-4-11(2)13(18)8-12/h3-8H,9H2,1-2H3,(H,19,22)(H,20,21). The number of amides is 1. The third-order valence-electron chi connectivity index (χ3n) is 3.69. The van der Waals surface area contributed by atoms with Crippen LogP contribution in [0.1, 0.15) is 11.1 Å². The molecule has 0 aliphatic heterocycles. The Kier molecular flexibility index (Phi) is 4.53. The second-order valence-corrected chi connectivity index (χ2v) is 8.15. The summed E-state index contributed by atoms with van der Waals surface area (Å²) in [6.45, 7) is 3.73. The number of imidazole rings is 1. The van der Waals surface area contributed by atoms with E-state index in [2.05, 4.69) is 15.3 Å². The summed E-state index contributed by atoms with van der Waals surface area (Å²) in [7, 11) is -3.88. The van der Waals surface area contributed by atoms with E-state index in [1.165, 1.54) is 0 Å². The number of aryl methyl sites for hydroxylation is 2. The molecular weight excluding hydrogens is 362 g/mol. The van der Waals surface area contributed by atoms with Crippen LogP contribution in [0.5, 0.6) is 0 Å². The van der Waals surface area contributed by atoms with Gasteiger partial charge in [-0.15, -0.1) is 0 Å². The Labute approximate surface area is 150 Å². The summed E-state index contributed by atoms with van der Waals surface area (Å²) in [6.07, 6.45) is 0. The quantitative estimate of drug-likeness (QED) is 0.730. The predicted molar refractivity (Wildman–Crippen MR) is 97.7 cm³/mol. The highest BCUT2D eigenvalue weighted by atomic mass is 35.5. The summed E-state index contributed by atoms with van der Waals surface area (Å²) < 4.78 is 24.9. The minimum absolute atomic E-state index is 0.217. The fraction of sp³-hybridized carbons (Fsp3) is 0.176. The highest BCUT2D eigenvalue weighted by Crippen LogP contribution is 2.20. The van der Waals surface area contributed by atoms with E-state index in [-0.39, 0.29) is 5.16 Å². The Hall–Kier alpha value is -2.38. The number of nitrogens with one attached hydrogen (secondary N) is 2. The Morgan fingerprint density at radius 1 is 1.20 bits per heavy atom. The molecule has 0 bridgehead atoms. The van der Waals surface area contributed by atoms with E-state index in [9.17, 15) is 13.2 Å². The highest BCUT2D eigenvalue weighted by molar-refractivity contribution is 7.92. The first-order valence-corrected chi connectivity index (χ1v) is 9.53. The smallest absolute Gasteiger partial charge is 0.240 e. The minimum Gasteiger partial charge on any atom is -0.329 e. The molecule has 2 N–H and O–H groups in total. The number of halogens is 1. The molecule has 0 saturated heterocycles. The zero-order valence-corrected chi connectivity index (χ0v) is 15.2. The van der Waals surface area contributed by atoms with Crippen LogP contribution in [0.4, 0.5) is 5.69 Å². The maximum Gasteiger partial charge on any atom is 0.240 e. The van der Waals surface area contributed by atoms with Crippen molar-refractivity contribution in [3.8, 4) is 0 Å². The lowest BCUT2D eigenvalue weighted by atomic mass is 10.2. The van der Waals surface area contributed by atoms with Crippen LogP contribution in [0.3, 0.4) is 0 Å². The van der Waals surface area contributed by atoms with Crippen LogP contribution in [0.25, 0.3) is 11.0 Å². The van der Waals surface area contributed by atoms with Gasteiger partial charge in [0.1, 0.15) is 5.75 Å². The molecule has 1 aromatic heterocycles. The fourth-order valence-electron chi connectivity index (χ4n) is 2.36. The molecule has 0 unspecified atom stereocenters. The number of carbonyl (C=O) groups excluding carboxylic acids is 1. The average Bonchev–Trinajstić information content (AvgIpc) is 2.94. The molecule has 25 heavy (non-hydrogen) atoms. The molecule has 0 saturated carbocycles. The Morgan fingerprint density at radius 2 is 1.96 bits per heavy atom. The first-order chi connectivity index (χ1) is 11.7. The predicted octanol–water partition coefficient (Wildman–Crippen LogP) is 3.25. The molecule has 3 rings (SSSR count). The van der Waals surface area contributed by atoms with Crippen molar-refractivity contribution in [2.24, 2.45) is 0 Å². The number of rotatable bonds is 4. The van der Waals surface area contributed by atoms with E-state index in [1.807, 2.05) is 19.9 Å². The molecule has 0 spiro atoms. The van der Waals surface area contributed by atoms with Gasteiger partial charge in [-0.25, -0.2) is 13.4 Å². The second kappa shape index (κ2) is 6.50. The molecule has 1 heterocycles. The monoisotopic (exact) mass is 377 g/mol. The lowest BCUT2D eigenvalue weighted by Crippen LogP contribution is -2.23. The van der Waals surface area contributed by atoms with Gasteiger partial charge in [0.25, 0.3) is 0 Å². The summed E-state index contributed by atoms with van der Waals surface area (Å²) in [5.41, 5.74) is 3.44. The zero-order valence-electron chi connectivity index (χ0n) is 13.6. The summed E-state index contributed by atoms with van der Waals surface area (Å²) in [5.74, 6) is -1.37. The van der Waals surface area contributed by atoms with Gasteiger partial charge in [-0.05, 0) is 49.2 Å². The van der Waals surface area contributed by atoms with Crippen LogP contribution >= 0.6 is 11.6 Å². The normalized spacial score (nSPS) is 11.6. The van der Waals surface area contributed by atoms with Crippen molar-refractivity contribution in [3.05, 3.63) is 52.5 Å². The van der Waals surface area contributed by atoms with E-state index in [1.54, 1.807) is 30.3 Å². The van der Waals surface area contributed by atoms with Gasteiger partial charge in [0.15, 0.2) is 0 Å². The molecular formula is C17H16ClN3O3S. The second-order valence-electron chi connectivity index (χ2n) is 5.83. The molecule has 130 valence electrons. The summed E-state index contributed by atoms with van der Waals surface area (Å²) >= 11 is 6.00. The van der Waals surface area contributed by atoms with Crippen LogP contribution in [0, 0.1) is 13.8 Å². The van der Waals surface area contributed by atoms with Gasteiger partial charge in [0.05, 0.1) is 11.0 Å². The van der Waals surface area contributed by atoms with E-state index in [0.29, 0.717) is 21.7 Å². The van der Waals surface area contributed by atoms with E-state index in [4.69, 9.17) is 11.6 Å². The molecule has 3 aromatic rings. The van der Waals surface area contributed by atoms with Gasteiger partial charge < -0.3 is 10.3 Å². The van der Waals surface area contributed by atoms with Gasteiger partial charge in [-0.2, -0.15) is 0 Å². The van der Waals surface area contributed by atoms with E-state index >= 15 is 0 Å². The number of H-pyrrole nitrogens is 1. The topological polar surface area (TPSA) is 91.9 Å². The lowest BCUT2D eigenvalue weighted by molar-refractivity contribution is -0.113. The first-order valence-electron chi connectivity index (χ1n) is 7.50. The molecule has 0 aliphatic rings. The van der Waals surface area contributed by atoms with Gasteiger partial charge in [0.2, 0.25) is 20.9 Å². The molecule has 0 aliphatic carbocycles. The molecule has 2 aromatic carbocycles. The number of hydrogen-bond acceptors (Lipinski definition) is 4. The largest absolute Gasteiger partial charge is 0.329 e. The van der Waals surface area contributed by atoms with Crippen LogP contribution in [0.15, 0.2) is 41.6 Å². The van der Waals surface area contributed by atoms with Crippen molar-refractivity contribution >= 4 is 44.1 Å². The number of sulfone groups is 1. The summed E-state index contributed by atoms with van der Waals surface area (Å²) in [4.78, 5) is 18.9. The molecule has 1 amide bonds. The lowest BCUT2D eigenvalue weighted by Gasteiger charge is -2.06. The first kappa shape index (κ1) is 17.4. The molecule has 8 heteroatoms. The number of anilines is 1. The Morgan fingerprint density at radius 3 is 2.68 bits per heavy atom. The molecule has 0 atom stereocenters. The number of nitrogens with zero attached hydrogens (tertiary/aromatic N) is 1. The number of hydrogen-bond donors (Lipinski definition) is 2.